The van der Waals surface area contributed by atoms with Gasteiger partial charge in [0.2, 0.25) is 0 Å². The maximum absolute atomic E-state index is 11.9. The fourth-order valence-corrected chi connectivity index (χ4v) is 5.11. The highest BCUT2D eigenvalue weighted by molar-refractivity contribution is 5.77. The lowest BCUT2D eigenvalue weighted by Gasteiger charge is -2.41. The van der Waals surface area contributed by atoms with Crippen molar-refractivity contribution in [2.75, 3.05) is 31.5 Å². The van der Waals surface area contributed by atoms with Crippen molar-refractivity contribution in [2.45, 2.75) is 62.9 Å². The van der Waals surface area contributed by atoms with Crippen LogP contribution in [0.4, 0.5) is 5.82 Å². The largest absolute Gasteiger partial charge is 0.481 e. The summed E-state index contributed by atoms with van der Waals surface area (Å²) in [6.45, 7) is 3.50. The first-order valence-electron chi connectivity index (χ1n) is 12.0. The van der Waals surface area contributed by atoms with E-state index in [0.717, 1.165) is 64.1 Å². The van der Waals surface area contributed by atoms with Gasteiger partial charge < -0.3 is 20.4 Å². The number of nitrogens with one attached hydrogen (secondary N) is 1. The zero-order valence-electron chi connectivity index (χ0n) is 18.8. The molecule has 0 spiro atoms. The number of aryl methyl sites for hydroxylation is 2. The van der Waals surface area contributed by atoms with Crippen molar-refractivity contribution in [1.29, 1.82) is 0 Å². The Labute approximate surface area is 190 Å². The summed E-state index contributed by atoms with van der Waals surface area (Å²) in [6.07, 6.45) is 7.68. The number of carboxylic acid groups (broad SMARTS) is 1. The molecule has 0 amide bonds. The van der Waals surface area contributed by atoms with Gasteiger partial charge >= 0.3 is 5.97 Å². The number of benzene rings is 1. The number of unbranched alkanes of at least 4 members (excludes halogenated alkanes) is 2. The number of piperidine rings is 1. The second-order valence-corrected chi connectivity index (χ2v) is 9.28. The molecule has 0 saturated carbocycles. The van der Waals surface area contributed by atoms with Gasteiger partial charge in [-0.2, -0.15) is 0 Å². The summed E-state index contributed by atoms with van der Waals surface area (Å²) in [6, 6.07) is 13.5. The highest BCUT2D eigenvalue weighted by Crippen LogP contribution is 2.37. The Bertz CT molecular complexity index is 894. The molecule has 32 heavy (non-hydrogen) atoms. The molecule has 3 N–H and O–H groups in total. The third kappa shape index (κ3) is 5.48. The van der Waals surface area contributed by atoms with E-state index in [2.05, 4.69) is 22.3 Å². The van der Waals surface area contributed by atoms with Crippen molar-refractivity contribution >= 4 is 11.8 Å². The molecule has 1 aromatic heterocycles. The van der Waals surface area contributed by atoms with Gasteiger partial charge in [-0.3, -0.25) is 4.79 Å². The Balaban J connectivity index is 1.19. The van der Waals surface area contributed by atoms with Gasteiger partial charge in [-0.25, -0.2) is 4.98 Å². The van der Waals surface area contributed by atoms with E-state index in [1.54, 1.807) is 12.1 Å². The van der Waals surface area contributed by atoms with Crippen LogP contribution in [0.3, 0.4) is 0 Å². The fraction of sp³-hybridized carbons (Fsp3) is 0.538. The van der Waals surface area contributed by atoms with Gasteiger partial charge in [0.1, 0.15) is 11.7 Å². The van der Waals surface area contributed by atoms with Crippen molar-refractivity contribution in [3.05, 3.63) is 59.3 Å². The molecule has 2 aliphatic heterocycles. The minimum atomic E-state index is -1.18. The van der Waals surface area contributed by atoms with Gasteiger partial charge in [-0.05, 0) is 68.7 Å². The highest BCUT2D eigenvalue weighted by Gasteiger charge is 2.44. The van der Waals surface area contributed by atoms with Crippen LogP contribution in [-0.2, 0) is 17.6 Å². The molecule has 2 aromatic rings. The van der Waals surface area contributed by atoms with Crippen LogP contribution in [0, 0.1) is 0 Å². The van der Waals surface area contributed by atoms with Crippen LogP contribution in [0.25, 0.3) is 0 Å². The average molecular weight is 438 g/mol. The molecule has 3 heterocycles. The SMILES string of the molecule is O=C(O)[C@H](c1ccccc1)C1(O)CCN(CCCCCc2ccc3c(n2)NCCC3)CC1. The third-order valence-corrected chi connectivity index (χ3v) is 7.00. The van der Waals surface area contributed by atoms with Crippen LogP contribution in [0.5, 0.6) is 0 Å². The summed E-state index contributed by atoms with van der Waals surface area (Å²) < 4.78 is 0. The number of carboxylic acids is 1. The third-order valence-electron chi connectivity index (χ3n) is 7.00. The number of pyridine rings is 1. The summed E-state index contributed by atoms with van der Waals surface area (Å²) >= 11 is 0. The number of aromatic nitrogens is 1. The normalized spacial score (nSPS) is 19.0. The number of carbonyl (C=O) groups is 1. The van der Waals surface area contributed by atoms with Crippen LogP contribution in [0.15, 0.2) is 42.5 Å². The molecular formula is C26H35N3O3. The van der Waals surface area contributed by atoms with E-state index >= 15 is 0 Å². The smallest absolute Gasteiger partial charge is 0.313 e. The summed E-state index contributed by atoms with van der Waals surface area (Å²) in [5, 5.41) is 24.4. The van der Waals surface area contributed by atoms with E-state index < -0.39 is 17.5 Å². The zero-order valence-corrected chi connectivity index (χ0v) is 18.8. The Morgan fingerprint density at radius 1 is 1.09 bits per heavy atom. The Morgan fingerprint density at radius 2 is 1.88 bits per heavy atom. The lowest BCUT2D eigenvalue weighted by molar-refractivity contribution is -0.148. The van der Waals surface area contributed by atoms with Gasteiger partial charge in [0.15, 0.2) is 0 Å². The second kappa shape index (κ2) is 10.5. The predicted molar refractivity (Wildman–Crippen MR) is 126 cm³/mol. The average Bonchev–Trinajstić information content (AvgIpc) is 2.80. The zero-order chi connectivity index (χ0) is 22.4. The van der Waals surface area contributed by atoms with Crippen LogP contribution >= 0.6 is 0 Å². The number of nitrogens with zero attached hydrogens (tertiary/aromatic N) is 2. The topological polar surface area (TPSA) is 85.7 Å². The van der Waals surface area contributed by atoms with Gasteiger partial charge in [0.25, 0.3) is 0 Å². The Morgan fingerprint density at radius 3 is 2.62 bits per heavy atom. The minimum absolute atomic E-state index is 0.491. The fourth-order valence-electron chi connectivity index (χ4n) is 5.11. The van der Waals surface area contributed by atoms with Gasteiger partial charge in [0.05, 0.1) is 5.60 Å². The molecule has 0 radical (unpaired) electrons. The molecule has 2 aliphatic rings. The maximum Gasteiger partial charge on any atom is 0.313 e. The molecular weight excluding hydrogens is 402 g/mol. The number of hydrogen-bond acceptors (Lipinski definition) is 5. The van der Waals surface area contributed by atoms with Crippen LogP contribution < -0.4 is 5.32 Å². The predicted octanol–water partition coefficient (Wildman–Crippen LogP) is 3.85. The number of hydrogen-bond donors (Lipinski definition) is 3. The minimum Gasteiger partial charge on any atom is -0.481 e. The molecule has 1 saturated heterocycles. The standard InChI is InChI=1S/C26H35N3O3/c30-25(31)23(20-8-3-1-4-9-20)26(32)14-18-29(19-15-26)17-6-2-5-11-22-13-12-21-10-7-16-27-24(21)28-22/h1,3-4,8-9,12-13,23,32H,2,5-7,10-11,14-19H2,(H,27,28)(H,30,31)/t23-/m0/s1. The number of rotatable bonds is 9. The van der Waals surface area contributed by atoms with E-state index in [-0.39, 0.29) is 0 Å². The van der Waals surface area contributed by atoms with E-state index in [9.17, 15) is 15.0 Å². The summed E-state index contributed by atoms with van der Waals surface area (Å²) in [7, 11) is 0. The number of aliphatic carboxylic acids is 1. The van der Waals surface area contributed by atoms with Crippen molar-refractivity contribution < 1.29 is 15.0 Å². The summed E-state index contributed by atoms with van der Waals surface area (Å²) in [5.41, 5.74) is 2.00. The van der Waals surface area contributed by atoms with Crippen molar-refractivity contribution in [3.63, 3.8) is 0 Å². The maximum atomic E-state index is 11.9. The molecule has 0 aliphatic carbocycles. The van der Waals surface area contributed by atoms with Gasteiger partial charge in [-0.1, -0.05) is 42.8 Å². The van der Waals surface area contributed by atoms with Crippen molar-refractivity contribution in [2.24, 2.45) is 0 Å². The molecule has 4 rings (SSSR count). The van der Waals surface area contributed by atoms with E-state index in [4.69, 9.17) is 4.98 Å². The lowest BCUT2D eigenvalue weighted by atomic mass is 9.76. The molecule has 0 bridgehead atoms. The van der Waals surface area contributed by atoms with E-state index in [1.165, 1.54) is 17.7 Å². The first-order valence-corrected chi connectivity index (χ1v) is 12.0. The first-order chi connectivity index (χ1) is 15.5. The molecule has 0 unspecified atom stereocenters. The van der Waals surface area contributed by atoms with Crippen LogP contribution in [0.2, 0.25) is 0 Å². The van der Waals surface area contributed by atoms with Crippen LogP contribution in [-0.4, -0.2) is 57.8 Å². The number of likely N-dealkylation sites (tertiary alicyclic amines) is 1. The Kier molecular flexibility index (Phi) is 7.43. The van der Waals surface area contributed by atoms with Gasteiger partial charge in [0, 0.05) is 25.3 Å². The van der Waals surface area contributed by atoms with E-state index in [0.29, 0.717) is 18.4 Å². The molecule has 6 nitrogen and oxygen atoms in total. The molecule has 6 heteroatoms. The highest BCUT2D eigenvalue weighted by atomic mass is 16.4. The molecule has 1 fully saturated rings. The molecule has 172 valence electrons. The summed E-state index contributed by atoms with van der Waals surface area (Å²) in [5.74, 6) is -0.743. The van der Waals surface area contributed by atoms with E-state index in [1.807, 2.05) is 18.2 Å². The van der Waals surface area contributed by atoms with Crippen molar-refractivity contribution in [1.82, 2.24) is 9.88 Å². The van der Waals surface area contributed by atoms with Crippen LogP contribution in [0.1, 0.15) is 61.3 Å². The lowest BCUT2D eigenvalue weighted by Crippen LogP contribution is -2.50. The first kappa shape index (κ1) is 22.7. The molecule has 1 aromatic carbocycles. The number of anilines is 1. The Hall–Kier alpha value is -2.44. The second-order valence-electron chi connectivity index (χ2n) is 9.28. The van der Waals surface area contributed by atoms with Crippen molar-refractivity contribution in [3.8, 4) is 0 Å². The molecule has 1 atom stereocenters. The quantitative estimate of drug-likeness (QED) is 0.517. The number of aliphatic hydroxyl groups is 1. The summed E-state index contributed by atoms with van der Waals surface area (Å²) in [4.78, 5) is 19.1. The monoisotopic (exact) mass is 437 g/mol. The number of fused-ring (bicyclic) bond motifs is 1. The van der Waals surface area contributed by atoms with Gasteiger partial charge in [-0.15, -0.1) is 0 Å².